The van der Waals surface area contributed by atoms with Crippen LogP contribution in [0.15, 0.2) is 54.9 Å². The number of hydrogen-bond acceptors (Lipinski definition) is 3. The van der Waals surface area contributed by atoms with Gasteiger partial charge in [-0.2, -0.15) is 0 Å². The lowest BCUT2D eigenvalue weighted by molar-refractivity contribution is -0.122. The minimum absolute atomic E-state index is 0.0361. The van der Waals surface area contributed by atoms with Crippen LogP contribution in [0.5, 0.6) is 0 Å². The van der Waals surface area contributed by atoms with Crippen LogP contribution in [0.1, 0.15) is 12.0 Å². The molecule has 132 valence electrons. The maximum atomic E-state index is 12.4. The lowest BCUT2D eigenvalue weighted by Crippen LogP contribution is -2.38. The molecule has 6 nitrogen and oxygen atoms in total. The van der Waals surface area contributed by atoms with Crippen LogP contribution in [0.3, 0.4) is 0 Å². The summed E-state index contributed by atoms with van der Waals surface area (Å²) in [5.74, 6) is -0.0778. The Labute approximate surface area is 151 Å². The van der Waals surface area contributed by atoms with E-state index in [4.69, 9.17) is 0 Å². The van der Waals surface area contributed by atoms with E-state index in [2.05, 4.69) is 10.3 Å². The summed E-state index contributed by atoms with van der Waals surface area (Å²) in [7, 11) is 0. The largest absolute Gasteiger partial charge is 0.349 e. The lowest BCUT2D eigenvalue weighted by Gasteiger charge is -2.18. The van der Waals surface area contributed by atoms with Gasteiger partial charge >= 0.3 is 0 Å². The molecule has 0 spiro atoms. The van der Waals surface area contributed by atoms with Crippen molar-refractivity contribution in [3.8, 4) is 0 Å². The number of amides is 2. The summed E-state index contributed by atoms with van der Waals surface area (Å²) < 4.78 is 1.82. The van der Waals surface area contributed by atoms with E-state index in [1.54, 1.807) is 11.2 Å². The number of para-hydroxylation sites is 2. The Hall–Kier alpha value is -3.15. The number of hydrogen-bond donors (Lipinski definition) is 1. The number of nitrogens with zero attached hydrogens (tertiary/aromatic N) is 3. The van der Waals surface area contributed by atoms with Crippen molar-refractivity contribution < 1.29 is 9.59 Å². The highest BCUT2D eigenvalue weighted by Crippen LogP contribution is 2.22. The number of carbonyl (C=O) groups excluding carboxylic acids is 2. The number of aromatic nitrogens is 2. The van der Waals surface area contributed by atoms with Crippen LogP contribution in [0.2, 0.25) is 0 Å². The first-order valence-corrected chi connectivity index (χ1v) is 8.66. The standard InChI is InChI=1S/C20H20N4O2/c1-14-5-4-6-16(9-14)24-11-15(10-20(24)26)22-19(25)12-23-13-21-17-7-2-3-8-18(17)23/h2-9,13,15H,10-12H2,1H3,(H,22,25)/t15-/m0/s1. The molecule has 3 aromatic rings. The third-order valence-electron chi connectivity index (χ3n) is 4.64. The molecule has 0 unspecified atom stereocenters. The molecule has 6 heteroatoms. The Morgan fingerprint density at radius 1 is 1.23 bits per heavy atom. The Morgan fingerprint density at radius 2 is 2.08 bits per heavy atom. The fourth-order valence-corrected chi connectivity index (χ4v) is 3.41. The minimum Gasteiger partial charge on any atom is -0.349 e. The summed E-state index contributed by atoms with van der Waals surface area (Å²) in [6, 6.07) is 15.4. The fourth-order valence-electron chi connectivity index (χ4n) is 3.41. The topological polar surface area (TPSA) is 67.2 Å². The Morgan fingerprint density at radius 3 is 2.92 bits per heavy atom. The van der Waals surface area contributed by atoms with E-state index in [-0.39, 0.29) is 24.4 Å². The number of rotatable bonds is 4. The first-order valence-electron chi connectivity index (χ1n) is 8.66. The van der Waals surface area contributed by atoms with Gasteiger partial charge < -0.3 is 14.8 Å². The quantitative estimate of drug-likeness (QED) is 0.786. The van der Waals surface area contributed by atoms with Gasteiger partial charge in [0.25, 0.3) is 0 Å². The van der Waals surface area contributed by atoms with E-state index < -0.39 is 0 Å². The maximum Gasteiger partial charge on any atom is 0.240 e. The van der Waals surface area contributed by atoms with Crippen LogP contribution in [0.25, 0.3) is 11.0 Å². The molecule has 1 aliphatic rings. The second-order valence-electron chi connectivity index (χ2n) is 6.67. The predicted octanol–water partition coefficient (Wildman–Crippen LogP) is 2.27. The van der Waals surface area contributed by atoms with Crippen LogP contribution < -0.4 is 10.2 Å². The molecule has 0 aliphatic carbocycles. The highest BCUT2D eigenvalue weighted by molar-refractivity contribution is 5.97. The highest BCUT2D eigenvalue weighted by Gasteiger charge is 2.31. The molecule has 1 atom stereocenters. The molecule has 1 aliphatic heterocycles. The second-order valence-corrected chi connectivity index (χ2v) is 6.67. The predicted molar refractivity (Wildman–Crippen MR) is 99.8 cm³/mol. The Bertz CT molecular complexity index is 979. The number of aryl methyl sites for hydroxylation is 1. The summed E-state index contributed by atoms with van der Waals surface area (Å²) in [5, 5.41) is 2.98. The molecular weight excluding hydrogens is 328 g/mol. The average Bonchev–Trinajstić information content (AvgIpc) is 3.19. The minimum atomic E-state index is -0.176. The number of carbonyl (C=O) groups is 2. The van der Waals surface area contributed by atoms with Gasteiger partial charge in [-0.25, -0.2) is 4.98 Å². The Kier molecular flexibility index (Phi) is 4.16. The van der Waals surface area contributed by atoms with Crippen molar-refractivity contribution in [1.29, 1.82) is 0 Å². The lowest BCUT2D eigenvalue weighted by atomic mass is 10.2. The van der Waals surface area contributed by atoms with Crippen molar-refractivity contribution in [1.82, 2.24) is 14.9 Å². The first-order chi connectivity index (χ1) is 12.6. The van der Waals surface area contributed by atoms with Crippen molar-refractivity contribution in [3.05, 3.63) is 60.4 Å². The molecule has 2 heterocycles. The molecular formula is C20H20N4O2. The van der Waals surface area contributed by atoms with E-state index in [9.17, 15) is 9.59 Å². The molecule has 1 saturated heterocycles. The number of benzene rings is 2. The molecule has 4 rings (SSSR count). The maximum absolute atomic E-state index is 12.4. The Balaban J connectivity index is 1.41. The summed E-state index contributed by atoms with van der Waals surface area (Å²) in [6.07, 6.45) is 1.99. The van der Waals surface area contributed by atoms with Crippen LogP contribution in [-0.4, -0.2) is 34.0 Å². The van der Waals surface area contributed by atoms with Gasteiger partial charge in [0, 0.05) is 18.7 Å². The zero-order valence-electron chi connectivity index (χ0n) is 14.6. The normalized spacial score (nSPS) is 17.0. The van der Waals surface area contributed by atoms with Crippen molar-refractivity contribution in [2.75, 3.05) is 11.4 Å². The van der Waals surface area contributed by atoms with Gasteiger partial charge in [-0.1, -0.05) is 24.3 Å². The third kappa shape index (κ3) is 3.18. The molecule has 2 amide bonds. The number of fused-ring (bicyclic) bond motifs is 1. The second kappa shape index (κ2) is 6.63. The summed E-state index contributed by atoms with van der Waals surface area (Å²) in [6.45, 7) is 2.69. The first kappa shape index (κ1) is 16.3. The molecule has 1 fully saturated rings. The zero-order valence-corrected chi connectivity index (χ0v) is 14.6. The number of anilines is 1. The van der Waals surface area contributed by atoms with E-state index in [0.29, 0.717) is 13.0 Å². The van der Waals surface area contributed by atoms with E-state index in [0.717, 1.165) is 22.3 Å². The van der Waals surface area contributed by atoms with Gasteiger partial charge in [-0.3, -0.25) is 9.59 Å². The van der Waals surface area contributed by atoms with Crippen LogP contribution >= 0.6 is 0 Å². The molecule has 2 aromatic carbocycles. The van der Waals surface area contributed by atoms with Gasteiger partial charge in [-0.05, 0) is 36.8 Å². The zero-order chi connectivity index (χ0) is 18.1. The molecule has 0 bridgehead atoms. The highest BCUT2D eigenvalue weighted by atomic mass is 16.2. The monoisotopic (exact) mass is 348 g/mol. The van der Waals surface area contributed by atoms with Crippen molar-refractivity contribution in [2.24, 2.45) is 0 Å². The van der Waals surface area contributed by atoms with E-state index >= 15 is 0 Å². The molecule has 1 aromatic heterocycles. The SMILES string of the molecule is Cc1cccc(N2C[C@@H](NC(=O)Cn3cnc4ccccc43)CC2=O)c1. The third-order valence-corrected chi connectivity index (χ3v) is 4.64. The molecule has 1 N–H and O–H groups in total. The summed E-state index contributed by atoms with van der Waals surface area (Å²) in [5.41, 5.74) is 3.77. The smallest absolute Gasteiger partial charge is 0.240 e. The number of nitrogens with one attached hydrogen (secondary N) is 1. The summed E-state index contributed by atoms with van der Waals surface area (Å²) >= 11 is 0. The molecule has 0 radical (unpaired) electrons. The van der Waals surface area contributed by atoms with E-state index in [1.165, 1.54) is 0 Å². The van der Waals surface area contributed by atoms with Gasteiger partial charge in [0.1, 0.15) is 6.54 Å². The van der Waals surface area contributed by atoms with E-state index in [1.807, 2.05) is 60.0 Å². The fraction of sp³-hybridized carbons (Fsp3) is 0.250. The van der Waals surface area contributed by atoms with Gasteiger partial charge in [0.2, 0.25) is 11.8 Å². The summed E-state index contributed by atoms with van der Waals surface area (Å²) in [4.78, 5) is 30.8. The van der Waals surface area contributed by atoms with Crippen molar-refractivity contribution >= 4 is 28.5 Å². The van der Waals surface area contributed by atoms with Gasteiger partial charge in [0.15, 0.2) is 0 Å². The average molecular weight is 348 g/mol. The van der Waals surface area contributed by atoms with Crippen LogP contribution in [-0.2, 0) is 16.1 Å². The van der Waals surface area contributed by atoms with Crippen molar-refractivity contribution in [2.45, 2.75) is 25.9 Å². The van der Waals surface area contributed by atoms with Crippen molar-refractivity contribution in [3.63, 3.8) is 0 Å². The number of imidazole rings is 1. The van der Waals surface area contributed by atoms with Crippen LogP contribution in [0.4, 0.5) is 5.69 Å². The van der Waals surface area contributed by atoms with Gasteiger partial charge in [0.05, 0.1) is 23.4 Å². The van der Waals surface area contributed by atoms with Crippen LogP contribution in [0, 0.1) is 6.92 Å². The van der Waals surface area contributed by atoms with Gasteiger partial charge in [-0.15, -0.1) is 0 Å². The molecule has 0 saturated carbocycles. The molecule has 26 heavy (non-hydrogen) atoms.